The number of halogens is 1. The Kier molecular flexibility index (Phi) is 5.84. The van der Waals surface area contributed by atoms with Crippen LogP contribution in [0.3, 0.4) is 0 Å². The van der Waals surface area contributed by atoms with E-state index in [1.165, 1.54) is 18.2 Å². The summed E-state index contributed by atoms with van der Waals surface area (Å²) in [6.07, 6.45) is 2.24. The highest BCUT2D eigenvalue weighted by Crippen LogP contribution is 2.13. The van der Waals surface area contributed by atoms with Gasteiger partial charge >= 0.3 is 0 Å². The van der Waals surface area contributed by atoms with Crippen LogP contribution in [0.25, 0.3) is 5.57 Å². The van der Waals surface area contributed by atoms with Crippen LogP contribution in [0, 0.1) is 5.82 Å². The zero-order chi connectivity index (χ0) is 17.5. The molecule has 0 unspecified atom stereocenters. The fraction of sp³-hybridized carbons (Fsp3) is 0.158. The summed E-state index contributed by atoms with van der Waals surface area (Å²) in [7, 11) is 0. The van der Waals surface area contributed by atoms with Crippen molar-refractivity contribution in [3.8, 4) is 0 Å². The molecule has 0 radical (unpaired) electrons. The molecule has 2 N–H and O–H groups in total. The Bertz CT molecular complexity index is 750. The first-order chi connectivity index (χ1) is 11.5. The van der Waals surface area contributed by atoms with Gasteiger partial charge in [0.05, 0.1) is 0 Å². The van der Waals surface area contributed by atoms with E-state index in [4.69, 9.17) is 0 Å². The molecule has 24 heavy (non-hydrogen) atoms. The molecule has 2 aromatic rings. The Labute approximate surface area is 140 Å². The van der Waals surface area contributed by atoms with Crippen LogP contribution in [0.4, 0.5) is 4.39 Å². The second kappa shape index (κ2) is 8.06. The first-order valence-corrected chi connectivity index (χ1v) is 7.63. The number of aryl methyl sites for hydroxylation is 1. The van der Waals surface area contributed by atoms with Gasteiger partial charge < -0.3 is 0 Å². The van der Waals surface area contributed by atoms with Crippen LogP contribution in [0.15, 0.2) is 54.6 Å². The van der Waals surface area contributed by atoms with Crippen molar-refractivity contribution in [1.82, 2.24) is 10.9 Å². The van der Waals surface area contributed by atoms with Gasteiger partial charge in [-0.3, -0.25) is 20.4 Å². The van der Waals surface area contributed by atoms with Crippen molar-refractivity contribution in [2.45, 2.75) is 20.3 Å². The topological polar surface area (TPSA) is 58.2 Å². The number of carbonyl (C=O) groups is 2. The summed E-state index contributed by atoms with van der Waals surface area (Å²) in [4.78, 5) is 23.8. The average Bonchev–Trinajstić information content (AvgIpc) is 2.60. The van der Waals surface area contributed by atoms with Crippen LogP contribution < -0.4 is 10.9 Å². The second-order valence-corrected chi connectivity index (χ2v) is 5.33. The third-order valence-electron chi connectivity index (χ3n) is 3.57. The Morgan fingerprint density at radius 1 is 0.958 bits per heavy atom. The summed E-state index contributed by atoms with van der Waals surface area (Å²) in [5.41, 5.74) is 7.68. The highest BCUT2D eigenvalue weighted by atomic mass is 19.1. The molecule has 0 spiro atoms. The maximum Gasteiger partial charge on any atom is 0.269 e. The van der Waals surface area contributed by atoms with Gasteiger partial charge in [-0.05, 0) is 54.3 Å². The predicted molar refractivity (Wildman–Crippen MR) is 91.5 cm³/mol. The maximum atomic E-state index is 12.9. The van der Waals surface area contributed by atoms with E-state index >= 15 is 0 Å². The van der Waals surface area contributed by atoms with Crippen LogP contribution in [0.5, 0.6) is 0 Å². The minimum Gasteiger partial charge on any atom is -0.268 e. The minimum absolute atomic E-state index is 0.336. The lowest BCUT2D eigenvalue weighted by Gasteiger charge is -2.07. The normalized spacial score (nSPS) is 11.0. The lowest BCUT2D eigenvalue weighted by atomic mass is 10.1. The molecule has 0 aromatic heterocycles. The van der Waals surface area contributed by atoms with Crippen molar-refractivity contribution in [3.05, 3.63) is 77.1 Å². The van der Waals surface area contributed by atoms with Crippen LogP contribution in [-0.4, -0.2) is 11.8 Å². The van der Waals surface area contributed by atoms with E-state index in [9.17, 15) is 14.0 Å². The van der Waals surface area contributed by atoms with Gasteiger partial charge in [0, 0.05) is 11.6 Å². The van der Waals surface area contributed by atoms with Crippen molar-refractivity contribution < 1.29 is 14.0 Å². The number of hydrogen-bond acceptors (Lipinski definition) is 2. The predicted octanol–water partition coefficient (Wildman–Crippen LogP) is 3.25. The van der Waals surface area contributed by atoms with Crippen molar-refractivity contribution in [3.63, 3.8) is 0 Å². The number of allylic oxidation sites excluding steroid dienone is 1. The zero-order valence-electron chi connectivity index (χ0n) is 13.6. The molecule has 0 aliphatic rings. The Hall–Kier alpha value is -2.95. The van der Waals surface area contributed by atoms with Gasteiger partial charge in [0.25, 0.3) is 11.8 Å². The Morgan fingerprint density at radius 2 is 1.54 bits per heavy atom. The number of amides is 2. The van der Waals surface area contributed by atoms with Gasteiger partial charge in [-0.1, -0.05) is 31.2 Å². The molecule has 4 nitrogen and oxygen atoms in total. The molecule has 0 atom stereocenters. The van der Waals surface area contributed by atoms with Gasteiger partial charge in [0.2, 0.25) is 0 Å². The summed E-state index contributed by atoms with van der Waals surface area (Å²) in [5, 5.41) is 0. The number of nitrogens with one attached hydrogen (secondary N) is 2. The van der Waals surface area contributed by atoms with Crippen LogP contribution >= 0.6 is 0 Å². The molecule has 0 bridgehead atoms. The molecule has 0 aliphatic carbocycles. The van der Waals surface area contributed by atoms with Crippen molar-refractivity contribution >= 4 is 17.4 Å². The highest BCUT2D eigenvalue weighted by molar-refractivity contribution is 5.99. The number of rotatable bonds is 4. The zero-order valence-corrected chi connectivity index (χ0v) is 13.6. The van der Waals surface area contributed by atoms with Gasteiger partial charge in [-0.2, -0.15) is 0 Å². The first kappa shape index (κ1) is 17.4. The summed E-state index contributed by atoms with van der Waals surface area (Å²) in [6.45, 7) is 3.77. The second-order valence-electron chi connectivity index (χ2n) is 5.33. The summed E-state index contributed by atoms with van der Waals surface area (Å²) >= 11 is 0. The molecule has 124 valence electrons. The number of benzene rings is 2. The number of hydrogen-bond donors (Lipinski definition) is 2. The number of hydrazine groups is 1. The van der Waals surface area contributed by atoms with E-state index in [1.807, 2.05) is 19.1 Å². The summed E-state index contributed by atoms with van der Waals surface area (Å²) < 4.78 is 12.9. The van der Waals surface area contributed by atoms with Crippen LogP contribution in [0.1, 0.15) is 35.3 Å². The quantitative estimate of drug-likeness (QED) is 0.669. The fourth-order valence-corrected chi connectivity index (χ4v) is 2.11. The maximum absolute atomic E-state index is 12.9. The molecule has 0 saturated carbocycles. The molecule has 2 aromatic carbocycles. The molecule has 2 rings (SSSR count). The lowest BCUT2D eigenvalue weighted by molar-refractivity contribution is -0.117. The van der Waals surface area contributed by atoms with E-state index < -0.39 is 5.91 Å². The van der Waals surface area contributed by atoms with E-state index in [0.29, 0.717) is 11.1 Å². The monoisotopic (exact) mass is 326 g/mol. The molecule has 0 saturated heterocycles. The lowest BCUT2D eigenvalue weighted by Crippen LogP contribution is -2.40. The smallest absolute Gasteiger partial charge is 0.268 e. The van der Waals surface area contributed by atoms with Crippen LogP contribution in [-0.2, 0) is 11.2 Å². The SMILES string of the molecule is CCc1ccc(C(=O)NNC(=O)/C=C(\C)c2ccc(F)cc2)cc1. The highest BCUT2D eigenvalue weighted by Gasteiger charge is 2.06. The third-order valence-corrected chi connectivity index (χ3v) is 3.57. The summed E-state index contributed by atoms with van der Waals surface area (Å²) in [6, 6.07) is 13.0. The summed E-state index contributed by atoms with van der Waals surface area (Å²) in [5.74, 6) is -1.19. The third kappa shape index (κ3) is 4.78. The average molecular weight is 326 g/mol. The molecule has 2 amide bonds. The molecule has 0 fully saturated rings. The Balaban J connectivity index is 1.93. The Morgan fingerprint density at radius 3 is 2.12 bits per heavy atom. The fourth-order valence-electron chi connectivity index (χ4n) is 2.11. The molecule has 0 heterocycles. The number of carbonyl (C=O) groups excluding carboxylic acids is 2. The molecule has 0 aliphatic heterocycles. The van der Waals surface area contributed by atoms with Crippen LogP contribution in [0.2, 0.25) is 0 Å². The minimum atomic E-state index is -0.463. The largest absolute Gasteiger partial charge is 0.269 e. The van der Waals surface area contributed by atoms with E-state index in [0.717, 1.165) is 17.5 Å². The molecular weight excluding hydrogens is 307 g/mol. The van der Waals surface area contributed by atoms with Crippen molar-refractivity contribution in [2.75, 3.05) is 0 Å². The van der Waals surface area contributed by atoms with E-state index in [2.05, 4.69) is 10.9 Å². The van der Waals surface area contributed by atoms with Gasteiger partial charge in [-0.25, -0.2) is 4.39 Å². The van der Waals surface area contributed by atoms with Gasteiger partial charge in [-0.15, -0.1) is 0 Å². The van der Waals surface area contributed by atoms with E-state index in [-0.39, 0.29) is 11.7 Å². The van der Waals surface area contributed by atoms with Crippen molar-refractivity contribution in [1.29, 1.82) is 0 Å². The van der Waals surface area contributed by atoms with E-state index in [1.54, 1.807) is 31.2 Å². The standard InChI is InChI=1S/C19H19FN2O2/c1-3-14-4-6-16(7-5-14)19(24)22-21-18(23)12-13(2)15-8-10-17(20)11-9-15/h4-12H,3H2,1-2H3,(H,21,23)(H,22,24)/b13-12+. The van der Waals surface area contributed by atoms with Gasteiger partial charge in [0.15, 0.2) is 0 Å². The van der Waals surface area contributed by atoms with Crippen molar-refractivity contribution in [2.24, 2.45) is 0 Å². The molecule has 5 heteroatoms. The first-order valence-electron chi connectivity index (χ1n) is 7.63. The molecular formula is C19H19FN2O2. The van der Waals surface area contributed by atoms with Gasteiger partial charge in [0.1, 0.15) is 5.82 Å².